The number of carbonyl (C=O) groups is 2. The molecule has 1 saturated heterocycles. The van der Waals surface area contributed by atoms with Crippen molar-refractivity contribution in [1.29, 1.82) is 0 Å². The first kappa shape index (κ1) is 17.1. The molecule has 3 atom stereocenters. The Balaban J connectivity index is 2.40. The summed E-state index contributed by atoms with van der Waals surface area (Å²) in [4.78, 5) is 23.9. The molecule has 1 aromatic carbocycles. The van der Waals surface area contributed by atoms with Gasteiger partial charge in [-0.25, -0.2) is 4.79 Å². The highest BCUT2D eigenvalue weighted by Crippen LogP contribution is 2.46. The maximum atomic E-state index is 11.8. The van der Waals surface area contributed by atoms with Crippen LogP contribution in [0.1, 0.15) is 25.3 Å². The first-order valence-corrected chi connectivity index (χ1v) is 7.28. The molecule has 0 aromatic heterocycles. The van der Waals surface area contributed by atoms with E-state index in [-0.39, 0.29) is 24.8 Å². The predicted molar refractivity (Wildman–Crippen MR) is 81.4 cm³/mol. The number of aromatic hydroxyl groups is 1. The molecule has 1 heterocycles. The summed E-state index contributed by atoms with van der Waals surface area (Å²) >= 11 is 0. The molecule has 23 heavy (non-hydrogen) atoms. The summed E-state index contributed by atoms with van der Waals surface area (Å²) in [5.41, 5.74) is -0.000958. The first-order valence-electron chi connectivity index (χ1n) is 7.28. The first-order chi connectivity index (χ1) is 10.7. The second-order valence-electron chi connectivity index (χ2n) is 6.16. The summed E-state index contributed by atoms with van der Waals surface area (Å²) in [6.07, 6.45) is -0.761. The van der Waals surface area contributed by atoms with Crippen LogP contribution in [0, 0.1) is 5.41 Å². The molecular weight excluding hydrogens is 302 g/mol. The summed E-state index contributed by atoms with van der Waals surface area (Å²) in [6, 6.07) is 4.88. The molecule has 126 valence electrons. The van der Waals surface area contributed by atoms with E-state index < -0.39 is 23.4 Å². The van der Waals surface area contributed by atoms with Crippen molar-refractivity contribution in [3.05, 3.63) is 23.8 Å². The highest BCUT2D eigenvalue weighted by atomic mass is 16.5. The molecule has 1 aliphatic heterocycles. The number of phenols is 1. The van der Waals surface area contributed by atoms with Gasteiger partial charge in [0.05, 0.1) is 13.2 Å². The van der Waals surface area contributed by atoms with Crippen molar-refractivity contribution >= 4 is 11.9 Å². The number of aliphatic hydroxyl groups excluding tert-OH is 1. The van der Waals surface area contributed by atoms with Crippen LogP contribution in [0.25, 0.3) is 0 Å². The van der Waals surface area contributed by atoms with Gasteiger partial charge in [-0.15, -0.1) is 0 Å². The highest BCUT2D eigenvalue weighted by Gasteiger charge is 2.49. The van der Waals surface area contributed by atoms with E-state index in [0.717, 1.165) is 0 Å². The number of hydrogen-bond acceptors (Lipinski definition) is 5. The second kappa shape index (κ2) is 6.08. The van der Waals surface area contributed by atoms with Crippen molar-refractivity contribution in [3.8, 4) is 11.5 Å². The van der Waals surface area contributed by atoms with Gasteiger partial charge in [-0.05, 0) is 24.6 Å². The van der Waals surface area contributed by atoms with Crippen LogP contribution < -0.4 is 4.74 Å². The van der Waals surface area contributed by atoms with Crippen LogP contribution in [0.15, 0.2) is 18.2 Å². The smallest absolute Gasteiger partial charge is 0.394 e. The van der Waals surface area contributed by atoms with Crippen LogP contribution in [-0.4, -0.2) is 58.4 Å². The van der Waals surface area contributed by atoms with E-state index >= 15 is 0 Å². The molecule has 1 fully saturated rings. The fourth-order valence-electron chi connectivity index (χ4n) is 3.14. The normalized spacial score (nSPS) is 25.2. The average molecular weight is 323 g/mol. The molecule has 3 N–H and O–H groups in total. The molecule has 0 radical (unpaired) electrons. The number of methoxy groups -OCH3 is 1. The molecule has 0 aliphatic carbocycles. The van der Waals surface area contributed by atoms with E-state index in [9.17, 15) is 19.8 Å². The van der Waals surface area contributed by atoms with Crippen LogP contribution >= 0.6 is 0 Å². The molecule has 7 heteroatoms. The molecule has 1 aromatic rings. The molecule has 0 bridgehead atoms. The number of ether oxygens (including phenoxy) is 1. The third-order valence-corrected chi connectivity index (χ3v) is 4.76. The van der Waals surface area contributed by atoms with Gasteiger partial charge in [0.1, 0.15) is 0 Å². The van der Waals surface area contributed by atoms with Gasteiger partial charge in [0, 0.05) is 24.4 Å². The second-order valence-corrected chi connectivity index (χ2v) is 6.16. The number of nitrogens with zero attached hydrogens (tertiary/aromatic N) is 1. The Hall–Kier alpha value is -2.28. The standard InChI is InChI=1S/C16H21NO6/c1-9(18)16(2)8-17(14(20)15(21)22)7-11(16)10-4-5-13(23-3)12(19)6-10/h4-6,9,11,18-19H,7-8H2,1-3H3,(H,21,22)/t9-,11+,16+/m1/s1. The van der Waals surface area contributed by atoms with Crippen molar-refractivity contribution in [2.24, 2.45) is 5.41 Å². The average Bonchev–Trinajstić information content (AvgIpc) is 2.85. The van der Waals surface area contributed by atoms with E-state index in [2.05, 4.69) is 0 Å². The minimum atomic E-state index is -1.52. The molecular formula is C16H21NO6. The van der Waals surface area contributed by atoms with Gasteiger partial charge < -0.3 is 25.0 Å². The van der Waals surface area contributed by atoms with Crippen molar-refractivity contribution in [3.63, 3.8) is 0 Å². The Morgan fingerprint density at radius 3 is 2.57 bits per heavy atom. The van der Waals surface area contributed by atoms with Gasteiger partial charge in [0.2, 0.25) is 0 Å². The fourth-order valence-corrected chi connectivity index (χ4v) is 3.14. The predicted octanol–water partition coefficient (Wildman–Crippen LogP) is 0.798. The third kappa shape index (κ3) is 2.96. The summed E-state index contributed by atoms with van der Waals surface area (Å²) in [7, 11) is 1.44. The number of carboxylic acids is 1. The van der Waals surface area contributed by atoms with Crippen molar-refractivity contribution in [2.75, 3.05) is 20.2 Å². The number of likely N-dealkylation sites (tertiary alicyclic amines) is 1. The van der Waals surface area contributed by atoms with E-state index in [4.69, 9.17) is 9.84 Å². The number of carboxylic acid groups (broad SMARTS) is 1. The molecule has 2 rings (SSSR count). The zero-order valence-corrected chi connectivity index (χ0v) is 13.3. The maximum absolute atomic E-state index is 11.8. The Kier molecular flexibility index (Phi) is 4.51. The number of rotatable bonds is 3. The number of hydrogen-bond donors (Lipinski definition) is 3. The van der Waals surface area contributed by atoms with Crippen LogP contribution in [0.3, 0.4) is 0 Å². The Labute approximate surface area is 134 Å². The molecule has 0 spiro atoms. The largest absolute Gasteiger partial charge is 0.504 e. The van der Waals surface area contributed by atoms with Gasteiger partial charge in [0.25, 0.3) is 0 Å². The lowest BCUT2D eigenvalue weighted by Gasteiger charge is -2.33. The van der Waals surface area contributed by atoms with Gasteiger partial charge >= 0.3 is 11.9 Å². The van der Waals surface area contributed by atoms with Crippen molar-refractivity contribution in [2.45, 2.75) is 25.9 Å². The lowest BCUT2D eigenvalue weighted by atomic mass is 9.72. The lowest BCUT2D eigenvalue weighted by molar-refractivity contribution is -0.155. The van der Waals surface area contributed by atoms with Gasteiger partial charge in [-0.3, -0.25) is 4.79 Å². The Bertz CT molecular complexity index is 629. The number of aliphatic hydroxyl groups is 1. The minimum absolute atomic E-state index is 0.0408. The van der Waals surface area contributed by atoms with E-state index in [1.807, 2.05) is 0 Å². The summed E-state index contributed by atoms with van der Waals surface area (Å²) < 4.78 is 5.01. The van der Waals surface area contributed by atoms with Crippen LogP contribution in [0.4, 0.5) is 0 Å². The lowest BCUT2D eigenvalue weighted by Crippen LogP contribution is -2.39. The monoisotopic (exact) mass is 323 g/mol. The fraction of sp³-hybridized carbons (Fsp3) is 0.500. The van der Waals surface area contributed by atoms with E-state index in [0.29, 0.717) is 11.3 Å². The Morgan fingerprint density at radius 2 is 2.09 bits per heavy atom. The summed E-state index contributed by atoms with van der Waals surface area (Å²) in [5, 5.41) is 29.1. The molecule has 1 amide bonds. The van der Waals surface area contributed by atoms with Crippen LogP contribution in [-0.2, 0) is 9.59 Å². The summed E-state index contributed by atoms with van der Waals surface area (Å²) in [6.45, 7) is 3.72. The quantitative estimate of drug-likeness (QED) is 0.710. The molecule has 7 nitrogen and oxygen atoms in total. The Morgan fingerprint density at radius 1 is 1.43 bits per heavy atom. The number of carbonyl (C=O) groups excluding carboxylic acids is 1. The SMILES string of the molecule is COc1ccc([C@@H]2CN(C(=O)C(=O)O)C[C@@]2(C)[C@@H](C)O)cc1O. The maximum Gasteiger partial charge on any atom is 0.394 e. The highest BCUT2D eigenvalue weighted by molar-refractivity contribution is 6.31. The van der Waals surface area contributed by atoms with Crippen LogP contribution in [0.5, 0.6) is 11.5 Å². The topological polar surface area (TPSA) is 107 Å². The van der Waals surface area contributed by atoms with E-state index in [1.165, 1.54) is 18.1 Å². The number of phenolic OH excluding ortho intramolecular Hbond substituents is 1. The van der Waals surface area contributed by atoms with Gasteiger partial charge in [-0.1, -0.05) is 13.0 Å². The summed E-state index contributed by atoms with van der Waals surface area (Å²) in [5.74, 6) is -2.53. The molecule has 0 unspecified atom stereocenters. The minimum Gasteiger partial charge on any atom is -0.504 e. The van der Waals surface area contributed by atoms with Gasteiger partial charge in [-0.2, -0.15) is 0 Å². The number of amides is 1. The third-order valence-electron chi connectivity index (χ3n) is 4.76. The molecule has 1 aliphatic rings. The van der Waals surface area contributed by atoms with Crippen molar-refractivity contribution < 1.29 is 29.6 Å². The zero-order valence-electron chi connectivity index (χ0n) is 13.3. The van der Waals surface area contributed by atoms with Crippen LogP contribution in [0.2, 0.25) is 0 Å². The number of aliphatic carboxylic acids is 1. The van der Waals surface area contributed by atoms with Crippen molar-refractivity contribution in [1.82, 2.24) is 4.90 Å². The van der Waals surface area contributed by atoms with E-state index in [1.54, 1.807) is 26.0 Å². The zero-order chi connectivity index (χ0) is 17.4. The number of benzene rings is 1. The molecule has 0 saturated carbocycles. The van der Waals surface area contributed by atoms with Gasteiger partial charge in [0.15, 0.2) is 11.5 Å².